The molecule has 1 aliphatic rings. The van der Waals surface area contributed by atoms with E-state index in [1.807, 2.05) is 31.2 Å². The molecule has 9 nitrogen and oxygen atoms in total. The number of aromatic nitrogens is 2. The van der Waals surface area contributed by atoms with Crippen molar-refractivity contribution in [1.29, 1.82) is 5.26 Å². The van der Waals surface area contributed by atoms with E-state index in [9.17, 15) is 10.1 Å². The summed E-state index contributed by atoms with van der Waals surface area (Å²) in [5, 5.41) is 12.5. The van der Waals surface area contributed by atoms with Crippen molar-refractivity contribution in [3.8, 4) is 29.1 Å². The van der Waals surface area contributed by atoms with Gasteiger partial charge in [0.1, 0.15) is 25.1 Å². The predicted octanol–water partition coefficient (Wildman–Crippen LogP) is 4.81. The van der Waals surface area contributed by atoms with E-state index in [0.29, 0.717) is 59.9 Å². The van der Waals surface area contributed by atoms with Crippen LogP contribution in [-0.2, 0) is 4.79 Å². The quantitative estimate of drug-likeness (QED) is 0.336. The molecule has 37 heavy (non-hydrogen) atoms. The van der Waals surface area contributed by atoms with Gasteiger partial charge in [0.2, 0.25) is 0 Å². The third kappa shape index (κ3) is 5.49. The van der Waals surface area contributed by atoms with E-state index in [1.54, 1.807) is 42.5 Å². The third-order valence-electron chi connectivity index (χ3n) is 5.53. The maximum Gasteiger partial charge on any atom is 0.262 e. The number of amides is 1. The number of nitrogens with one attached hydrogen (secondary N) is 2. The van der Waals surface area contributed by atoms with E-state index in [1.165, 1.54) is 0 Å². The van der Waals surface area contributed by atoms with Gasteiger partial charge in [-0.1, -0.05) is 18.2 Å². The number of hydrogen-bond donors (Lipinski definition) is 2. The number of fused-ring (bicyclic) bond motifs is 2. The highest BCUT2D eigenvalue weighted by Gasteiger charge is 2.14. The van der Waals surface area contributed by atoms with Crippen molar-refractivity contribution < 1.29 is 23.7 Å². The zero-order valence-electron chi connectivity index (χ0n) is 20.1. The summed E-state index contributed by atoms with van der Waals surface area (Å²) in [6.45, 7) is 3.01. The number of nitriles is 1. The molecule has 9 heteroatoms. The van der Waals surface area contributed by atoms with Gasteiger partial charge in [-0.25, -0.2) is 4.98 Å². The molecule has 0 radical (unpaired) electrons. The molecule has 0 fully saturated rings. The number of rotatable bonds is 8. The molecule has 1 aliphatic heterocycles. The van der Waals surface area contributed by atoms with Crippen LogP contribution in [-0.4, -0.2) is 42.3 Å². The van der Waals surface area contributed by atoms with Gasteiger partial charge in [0.25, 0.3) is 5.91 Å². The van der Waals surface area contributed by atoms with Crippen LogP contribution in [0.25, 0.3) is 22.7 Å². The van der Waals surface area contributed by atoms with Crippen LogP contribution in [0, 0.1) is 11.3 Å². The number of anilines is 1. The number of carbonyl (C=O) groups excluding carboxylic acids is 1. The van der Waals surface area contributed by atoms with Crippen LogP contribution in [0.1, 0.15) is 18.3 Å². The lowest BCUT2D eigenvalue weighted by Gasteiger charge is -2.19. The summed E-state index contributed by atoms with van der Waals surface area (Å²) >= 11 is 0. The van der Waals surface area contributed by atoms with Gasteiger partial charge in [-0.15, -0.1) is 0 Å². The van der Waals surface area contributed by atoms with Crippen LogP contribution in [0.2, 0.25) is 0 Å². The van der Waals surface area contributed by atoms with Crippen molar-refractivity contribution in [2.24, 2.45) is 0 Å². The van der Waals surface area contributed by atoms with E-state index >= 15 is 0 Å². The van der Waals surface area contributed by atoms with Crippen LogP contribution >= 0.6 is 0 Å². The molecule has 186 valence electrons. The number of hydrogen-bond acceptors (Lipinski definition) is 7. The smallest absolute Gasteiger partial charge is 0.262 e. The maximum atomic E-state index is 12.5. The first-order valence-electron chi connectivity index (χ1n) is 11.8. The minimum Gasteiger partial charge on any atom is -0.490 e. The number of H-pyrrole nitrogens is 1. The van der Waals surface area contributed by atoms with Gasteiger partial charge < -0.3 is 29.2 Å². The lowest BCUT2D eigenvalue weighted by molar-refractivity contribution is -0.118. The summed E-state index contributed by atoms with van der Waals surface area (Å²) in [5.74, 6) is 2.27. The molecule has 0 atom stereocenters. The number of ether oxygens (including phenoxy) is 4. The Labute approximate surface area is 213 Å². The van der Waals surface area contributed by atoms with Crippen LogP contribution in [0.15, 0.2) is 60.7 Å². The molecule has 1 amide bonds. The first-order valence-corrected chi connectivity index (χ1v) is 11.8. The summed E-state index contributed by atoms with van der Waals surface area (Å²) < 4.78 is 22.5. The number of para-hydroxylation sites is 2. The fourth-order valence-corrected chi connectivity index (χ4v) is 3.86. The van der Waals surface area contributed by atoms with Crippen LogP contribution in [0.5, 0.6) is 23.0 Å². The standard InChI is InChI=1S/C28H24N4O5/c1-2-34-25-14-18(13-19(16-29)28-31-21-5-3-4-6-22(21)32-28)7-9-24(25)37-17-27(33)30-20-8-10-23-26(15-20)36-12-11-35-23/h3-10,13-15H,2,11-12,17H2,1H3,(H,30,33)(H,31,32). The normalized spacial score (nSPS) is 12.6. The van der Waals surface area contributed by atoms with E-state index in [-0.39, 0.29) is 12.5 Å². The second-order valence-electron chi connectivity index (χ2n) is 8.11. The highest BCUT2D eigenvalue weighted by Crippen LogP contribution is 2.33. The molecule has 0 saturated carbocycles. The average molecular weight is 497 g/mol. The molecule has 2 heterocycles. The van der Waals surface area contributed by atoms with E-state index in [0.717, 1.165) is 16.6 Å². The Bertz CT molecular complexity index is 1490. The van der Waals surface area contributed by atoms with Gasteiger partial charge in [0, 0.05) is 11.8 Å². The number of nitrogens with zero attached hydrogens (tertiary/aromatic N) is 2. The van der Waals surface area contributed by atoms with Crippen LogP contribution < -0.4 is 24.3 Å². The van der Waals surface area contributed by atoms with E-state index < -0.39 is 0 Å². The zero-order valence-corrected chi connectivity index (χ0v) is 20.1. The van der Waals surface area contributed by atoms with Gasteiger partial charge in [0.15, 0.2) is 29.6 Å². The Hall–Kier alpha value is -4.97. The first-order chi connectivity index (χ1) is 18.1. The summed E-state index contributed by atoms with van der Waals surface area (Å²) in [6.07, 6.45) is 1.72. The highest BCUT2D eigenvalue weighted by molar-refractivity contribution is 5.92. The molecule has 5 rings (SSSR count). The SMILES string of the molecule is CCOc1cc(C=C(C#N)c2nc3ccccc3[nH]2)ccc1OCC(=O)Nc1ccc2c(c1)OCCO2. The van der Waals surface area contributed by atoms with E-state index in [2.05, 4.69) is 21.4 Å². The van der Waals surface area contributed by atoms with Gasteiger partial charge in [0.05, 0.1) is 23.2 Å². The summed E-state index contributed by atoms with van der Waals surface area (Å²) in [4.78, 5) is 20.2. The molecular weight excluding hydrogens is 472 g/mol. The second kappa shape index (κ2) is 10.7. The van der Waals surface area contributed by atoms with Crippen molar-refractivity contribution in [3.63, 3.8) is 0 Å². The molecule has 0 bridgehead atoms. The summed E-state index contributed by atoms with van der Waals surface area (Å²) in [7, 11) is 0. The van der Waals surface area contributed by atoms with Crippen molar-refractivity contribution >= 4 is 34.3 Å². The molecular formula is C28H24N4O5. The van der Waals surface area contributed by atoms with Gasteiger partial charge in [-0.2, -0.15) is 5.26 Å². The molecule has 4 aromatic rings. The highest BCUT2D eigenvalue weighted by atomic mass is 16.6. The fraction of sp³-hybridized carbons (Fsp3) is 0.179. The molecule has 0 saturated heterocycles. The van der Waals surface area contributed by atoms with Crippen molar-refractivity contribution in [2.75, 3.05) is 31.7 Å². The molecule has 3 aromatic carbocycles. The molecule has 0 spiro atoms. The third-order valence-corrected chi connectivity index (χ3v) is 5.53. The molecule has 1 aromatic heterocycles. The zero-order chi connectivity index (χ0) is 25.6. The molecule has 0 aliphatic carbocycles. The van der Waals surface area contributed by atoms with Crippen LogP contribution in [0.3, 0.4) is 0 Å². The Kier molecular flexibility index (Phi) is 6.90. The monoisotopic (exact) mass is 496 g/mol. The Morgan fingerprint density at radius 2 is 1.92 bits per heavy atom. The number of imidazole rings is 1. The van der Waals surface area contributed by atoms with Crippen LogP contribution in [0.4, 0.5) is 5.69 Å². The number of carbonyl (C=O) groups is 1. The van der Waals surface area contributed by atoms with Crippen molar-refractivity contribution in [1.82, 2.24) is 9.97 Å². The van der Waals surface area contributed by atoms with Crippen molar-refractivity contribution in [2.45, 2.75) is 6.92 Å². The minimum absolute atomic E-state index is 0.216. The van der Waals surface area contributed by atoms with Gasteiger partial charge in [-0.3, -0.25) is 4.79 Å². The fourth-order valence-electron chi connectivity index (χ4n) is 3.86. The lowest BCUT2D eigenvalue weighted by Crippen LogP contribution is -2.21. The molecule has 2 N–H and O–H groups in total. The van der Waals surface area contributed by atoms with Crippen molar-refractivity contribution in [3.05, 3.63) is 72.1 Å². The Balaban J connectivity index is 1.29. The Morgan fingerprint density at radius 3 is 2.73 bits per heavy atom. The summed E-state index contributed by atoms with van der Waals surface area (Å²) in [5.41, 5.74) is 3.33. The van der Waals surface area contributed by atoms with E-state index in [4.69, 9.17) is 18.9 Å². The number of aromatic amines is 1. The summed E-state index contributed by atoms with van der Waals surface area (Å²) in [6, 6.07) is 20.3. The molecule has 0 unspecified atom stereocenters. The first kappa shape index (κ1) is 23.8. The predicted molar refractivity (Wildman–Crippen MR) is 139 cm³/mol. The largest absolute Gasteiger partial charge is 0.490 e. The number of benzene rings is 3. The number of allylic oxidation sites excluding steroid dienone is 1. The van der Waals surface area contributed by atoms with Gasteiger partial charge >= 0.3 is 0 Å². The Morgan fingerprint density at radius 1 is 1.08 bits per heavy atom. The minimum atomic E-state index is -0.334. The topological polar surface area (TPSA) is 118 Å². The second-order valence-corrected chi connectivity index (χ2v) is 8.11. The maximum absolute atomic E-state index is 12.5. The van der Waals surface area contributed by atoms with Gasteiger partial charge in [-0.05, 0) is 55.0 Å². The average Bonchev–Trinajstić information content (AvgIpc) is 3.35. The lowest BCUT2D eigenvalue weighted by atomic mass is 10.1.